The van der Waals surface area contributed by atoms with Crippen LogP contribution in [0, 0.1) is 15.5 Å². The van der Waals surface area contributed by atoms with Crippen LogP contribution in [0.3, 0.4) is 0 Å². The Bertz CT molecular complexity index is 391. The molecular weight excluding hydrogens is 191 g/mol. The van der Waals surface area contributed by atoms with Crippen LogP contribution in [-0.2, 0) is 4.74 Å². The third-order valence-electron chi connectivity index (χ3n) is 1.73. The fraction of sp³-hybridized carbons (Fsp3) is 0.250. The lowest BCUT2D eigenvalue weighted by molar-refractivity contribution is -0.427. The van der Waals surface area contributed by atoms with Gasteiger partial charge in [0.05, 0.1) is 30.1 Å². The molecule has 14 heavy (non-hydrogen) atoms. The molecule has 0 saturated carbocycles. The van der Waals surface area contributed by atoms with Gasteiger partial charge >= 0.3 is 0 Å². The Kier molecular flexibility index (Phi) is 2.79. The van der Waals surface area contributed by atoms with Crippen molar-refractivity contribution in [2.24, 2.45) is 0 Å². The van der Waals surface area contributed by atoms with Gasteiger partial charge in [-0.1, -0.05) is 0 Å². The minimum absolute atomic E-state index is 0.0409. The van der Waals surface area contributed by atoms with Gasteiger partial charge in [0.2, 0.25) is 0 Å². The van der Waals surface area contributed by atoms with Gasteiger partial charge in [0.15, 0.2) is 11.6 Å². The van der Waals surface area contributed by atoms with Gasteiger partial charge in [-0.05, 0) is 5.87 Å². The maximum Gasteiger partial charge on any atom is 0.254 e. The number of hydrogen-bond acceptors (Lipinski definition) is 4. The first-order valence-electron chi connectivity index (χ1n) is 3.67. The third kappa shape index (κ3) is 1.70. The van der Waals surface area contributed by atoms with Crippen molar-refractivity contribution < 1.29 is 14.1 Å². The molecule has 0 aromatic carbocycles. The number of methoxy groups -OCH3 is 1. The van der Waals surface area contributed by atoms with Crippen LogP contribution in [0.5, 0.6) is 0 Å². The molecule has 0 aromatic rings. The Hall–Kier alpha value is -1.94. The Morgan fingerprint density at radius 1 is 1.79 bits per heavy atom. The maximum atomic E-state index is 13.1. The van der Waals surface area contributed by atoms with Gasteiger partial charge in [-0.2, -0.15) is 0 Å². The second-order valence-electron chi connectivity index (χ2n) is 2.55. The summed E-state index contributed by atoms with van der Waals surface area (Å²) < 4.78 is 17.8. The van der Waals surface area contributed by atoms with E-state index in [9.17, 15) is 14.5 Å². The van der Waals surface area contributed by atoms with Crippen molar-refractivity contribution in [2.45, 2.75) is 6.42 Å². The van der Waals surface area contributed by atoms with E-state index >= 15 is 0 Å². The first kappa shape index (κ1) is 10.1. The molecule has 0 atom stereocenters. The minimum atomic E-state index is -0.847. The molecule has 0 saturated heterocycles. The fourth-order valence-electron chi connectivity index (χ4n) is 1.11. The van der Waals surface area contributed by atoms with E-state index in [4.69, 9.17) is 5.41 Å². The van der Waals surface area contributed by atoms with Gasteiger partial charge in [-0.15, -0.1) is 0 Å². The summed E-state index contributed by atoms with van der Waals surface area (Å²) >= 11 is 0. The smallest absolute Gasteiger partial charge is 0.254 e. The van der Waals surface area contributed by atoms with E-state index in [1.54, 1.807) is 0 Å². The molecule has 1 aliphatic carbocycles. The lowest BCUT2D eigenvalue weighted by Crippen LogP contribution is -2.09. The van der Waals surface area contributed by atoms with Crippen molar-refractivity contribution in [3.05, 3.63) is 39.0 Å². The van der Waals surface area contributed by atoms with Crippen molar-refractivity contribution >= 4 is 5.87 Å². The van der Waals surface area contributed by atoms with Gasteiger partial charge in [-0.25, -0.2) is 4.39 Å². The standard InChI is InChI=1S/C8H7FN2O3/c1-14-8-5(4-10)2-6(11(12)13)3-7(8)9/h3,10H,2H2,1H3. The lowest BCUT2D eigenvalue weighted by Gasteiger charge is -2.11. The number of rotatable bonds is 2. The molecule has 0 aromatic heterocycles. The van der Waals surface area contributed by atoms with Crippen LogP contribution in [0.1, 0.15) is 6.42 Å². The Balaban J connectivity index is 3.21. The molecular formula is C8H7FN2O3. The molecule has 0 heterocycles. The Labute approximate surface area is 78.8 Å². The molecule has 1 N–H and O–H groups in total. The summed E-state index contributed by atoms with van der Waals surface area (Å²) in [6, 6.07) is 0. The highest BCUT2D eigenvalue weighted by Gasteiger charge is 2.26. The third-order valence-corrected chi connectivity index (χ3v) is 1.73. The van der Waals surface area contributed by atoms with Crippen LogP contribution in [0.2, 0.25) is 0 Å². The van der Waals surface area contributed by atoms with Crippen LogP contribution in [-0.4, -0.2) is 17.9 Å². The van der Waals surface area contributed by atoms with E-state index in [-0.39, 0.29) is 23.5 Å². The number of allylic oxidation sites excluding steroid dienone is 4. The second-order valence-corrected chi connectivity index (χ2v) is 2.55. The molecule has 1 aliphatic rings. The lowest BCUT2D eigenvalue weighted by atomic mass is 10.0. The highest BCUT2D eigenvalue weighted by atomic mass is 19.1. The highest BCUT2D eigenvalue weighted by Crippen LogP contribution is 2.28. The second kappa shape index (κ2) is 3.85. The number of nitrogens with zero attached hydrogens (tertiary/aromatic N) is 1. The van der Waals surface area contributed by atoms with Crippen molar-refractivity contribution in [3.8, 4) is 0 Å². The monoisotopic (exact) mass is 198 g/mol. The van der Waals surface area contributed by atoms with Crippen LogP contribution < -0.4 is 0 Å². The van der Waals surface area contributed by atoms with Crippen LogP contribution in [0.25, 0.3) is 0 Å². The minimum Gasteiger partial charge on any atom is -0.493 e. The maximum absolute atomic E-state index is 13.1. The van der Waals surface area contributed by atoms with Gasteiger partial charge in [-0.3, -0.25) is 15.5 Å². The van der Waals surface area contributed by atoms with Crippen LogP contribution in [0.15, 0.2) is 28.9 Å². The number of nitro groups is 1. The molecule has 0 aliphatic heterocycles. The zero-order valence-electron chi connectivity index (χ0n) is 7.33. The molecule has 0 amide bonds. The van der Waals surface area contributed by atoms with E-state index in [0.29, 0.717) is 0 Å². The predicted molar refractivity (Wildman–Crippen MR) is 46.1 cm³/mol. The van der Waals surface area contributed by atoms with Gasteiger partial charge in [0.25, 0.3) is 5.70 Å². The summed E-state index contributed by atoms with van der Waals surface area (Å²) in [6.07, 6.45) is 0.646. The predicted octanol–water partition coefficient (Wildman–Crippen LogP) is 1.55. The number of nitrogens with one attached hydrogen (secondary N) is 1. The molecule has 0 bridgehead atoms. The van der Waals surface area contributed by atoms with Gasteiger partial charge < -0.3 is 4.74 Å². The van der Waals surface area contributed by atoms with Crippen molar-refractivity contribution in [3.63, 3.8) is 0 Å². The first-order valence-corrected chi connectivity index (χ1v) is 3.67. The molecule has 74 valence electrons. The quantitative estimate of drug-likeness (QED) is 0.415. The van der Waals surface area contributed by atoms with E-state index in [2.05, 4.69) is 4.74 Å². The Morgan fingerprint density at radius 3 is 2.86 bits per heavy atom. The van der Waals surface area contributed by atoms with E-state index in [0.717, 1.165) is 6.08 Å². The number of ether oxygens (including phenoxy) is 1. The number of halogens is 1. The summed E-state index contributed by atoms with van der Waals surface area (Å²) in [4.78, 5) is 9.67. The number of hydrogen-bond donors (Lipinski definition) is 1. The molecule has 0 fully saturated rings. The van der Waals surface area contributed by atoms with Crippen molar-refractivity contribution in [2.75, 3.05) is 7.11 Å². The molecule has 5 nitrogen and oxygen atoms in total. The molecule has 0 unspecified atom stereocenters. The SMILES string of the molecule is COC1=C(F)C=C([N+](=O)[O-])CC1=C=N. The summed E-state index contributed by atoms with van der Waals surface area (Å²) in [5.41, 5.74) is -0.266. The van der Waals surface area contributed by atoms with Gasteiger partial charge in [0, 0.05) is 0 Å². The van der Waals surface area contributed by atoms with E-state index in [1.807, 2.05) is 5.87 Å². The molecule has 0 radical (unpaired) electrons. The molecule has 0 spiro atoms. The van der Waals surface area contributed by atoms with Crippen LogP contribution in [0.4, 0.5) is 4.39 Å². The van der Waals surface area contributed by atoms with Crippen molar-refractivity contribution in [1.82, 2.24) is 0 Å². The molecule has 1 rings (SSSR count). The fourth-order valence-corrected chi connectivity index (χ4v) is 1.11. The topological polar surface area (TPSA) is 76.2 Å². The Morgan fingerprint density at radius 2 is 2.43 bits per heavy atom. The highest BCUT2D eigenvalue weighted by molar-refractivity contribution is 5.64. The van der Waals surface area contributed by atoms with E-state index < -0.39 is 10.8 Å². The zero-order valence-corrected chi connectivity index (χ0v) is 7.33. The first-order chi connectivity index (χ1) is 6.60. The molecule has 6 heteroatoms. The van der Waals surface area contributed by atoms with E-state index in [1.165, 1.54) is 7.11 Å². The summed E-state index contributed by atoms with van der Waals surface area (Å²) in [5.74, 6) is 0.910. The van der Waals surface area contributed by atoms with Gasteiger partial charge in [0.1, 0.15) is 0 Å². The van der Waals surface area contributed by atoms with Crippen LogP contribution >= 0.6 is 0 Å². The summed E-state index contributed by atoms with van der Waals surface area (Å²) in [6.45, 7) is 0. The normalized spacial score (nSPS) is 16.1. The largest absolute Gasteiger partial charge is 0.493 e. The average Bonchev–Trinajstić information content (AvgIpc) is 2.16. The summed E-state index contributed by atoms with van der Waals surface area (Å²) in [5, 5.41) is 17.2. The summed E-state index contributed by atoms with van der Waals surface area (Å²) in [7, 11) is 1.23. The van der Waals surface area contributed by atoms with Crippen molar-refractivity contribution in [1.29, 1.82) is 5.41 Å². The average molecular weight is 198 g/mol. The zero-order chi connectivity index (χ0) is 10.7.